The summed E-state index contributed by atoms with van der Waals surface area (Å²) >= 11 is 9.44. The van der Waals surface area contributed by atoms with Crippen molar-refractivity contribution in [3.8, 4) is 0 Å². The SMILES string of the molecule is C[C@@H]1CN(S(=O)(=O)c2cccc(C(=O)Nc3ccc(Br)cc3Cl)c2)C[C@@H](C)O1. The largest absolute Gasteiger partial charge is 0.373 e. The molecule has 0 unspecified atom stereocenters. The van der Waals surface area contributed by atoms with Crippen LogP contribution in [0.1, 0.15) is 24.2 Å². The maximum absolute atomic E-state index is 13.0. The van der Waals surface area contributed by atoms with Gasteiger partial charge in [0.05, 0.1) is 27.8 Å². The van der Waals surface area contributed by atoms with E-state index >= 15 is 0 Å². The van der Waals surface area contributed by atoms with Crippen molar-refractivity contribution in [2.24, 2.45) is 0 Å². The number of halogens is 2. The summed E-state index contributed by atoms with van der Waals surface area (Å²) in [6.45, 7) is 4.23. The minimum atomic E-state index is -3.73. The van der Waals surface area contributed by atoms with Crippen LogP contribution in [0.4, 0.5) is 5.69 Å². The molecule has 2 aromatic rings. The van der Waals surface area contributed by atoms with Gasteiger partial charge in [-0.25, -0.2) is 8.42 Å². The van der Waals surface area contributed by atoms with Gasteiger partial charge in [-0.15, -0.1) is 0 Å². The van der Waals surface area contributed by atoms with Crippen LogP contribution in [0, 0.1) is 0 Å². The first-order valence-corrected chi connectivity index (χ1v) is 11.3. The van der Waals surface area contributed by atoms with E-state index in [2.05, 4.69) is 21.2 Å². The highest BCUT2D eigenvalue weighted by molar-refractivity contribution is 9.10. The number of hydrogen-bond acceptors (Lipinski definition) is 4. The number of nitrogens with one attached hydrogen (secondary N) is 1. The standard InChI is InChI=1S/C19H20BrClN2O4S/c1-12-10-23(11-13(2)27-12)28(25,26)16-5-3-4-14(8-16)19(24)22-18-7-6-15(20)9-17(18)21/h3-9,12-13H,10-11H2,1-2H3,(H,22,24)/t12-,13-/m1/s1. The lowest BCUT2D eigenvalue weighted by atomic mass is 10.2. The van der Waals surface area contributed by atoms with Crippen molar-refractivity contribution < 1.29 is 17.9 Å². The number of carbonyl (C=O) groups is 1. The van der Waals surface area contributed by atoms with Crippen LogP contribution in [0.25, 0.3) is 0 Å². The number of benzene rings is 2. The first-order chi connectivity index (χ1) is 13.2. The van der Waals surface area contributed by atoms with Crippen LogP contribution in [0.5, 0.6) is 0 Å². The number of rotatable bonds is 4. The van der Waals surface area contributed by atoms with Gasteiger partial charge < -0.3 is 10.1 Å². The fraction of sp³-hybridized carbons (Fsp3) is 0.316. The molecule has 0 aliphatic carbocycles. The summed E-state index contributed by atoms with van der Waals surface area (Å²) in [6.07, 6.45) is -0.380. The Labute approximate surface area is 178 Å². The second-order valence-electron chi connectivity index (χ2n) is 6.69. The average molecular weight is 488 g/mol. The summed E-state index contributed by atoms with van der Waals surface area (Å²) in [5, 5.41) is 3.08. The minimum Gasteiger partial charge on any atom is -0.373 e. The molecule has 2 atom stereocenters. The molecule has 0 aromatic heterocycles. The Morgan fingerprint density at radius 3 is 2.50 bits per heavy atom. The van der Waals surface area contributed by atoms with Crippen molar-refractivity contribution in [3.05, 3.63) is 57.5 Å². The molecule has 28 heavy (non-hydrogen) atoms. The third kappa shape index (κ3) is 4.75. The molecule has 6 nitrogen and oxygen atoms in total. The molecule has 1 heterocycles. The van der Waals surface area contributed by atoms with E-state index in [0.29, 0.717) is 10.7 Å². The number of ether oxygens (including phenoxy) is 1. The Hall–Kier alpha value is -1.45. The topological polar surface area (TPSA) is 75.7 Å². The van der Waals surface area contributed by atoms with Crippen molar-refractivity contribution in [2.75, 3.05) is 18.4 Å². The van der Waals surface area contributed by atoms with Gasteiger partial charge in [-0.2, -0.15) is 4.31 Å². The van der Waals surface area contributed by atoms with E-state index in [-0.39, 0.29) is 35.8 Å². The number of anilines is 1. The van der Waals surface area contributed by atoms with Gasteiger partial charge in [-0.05, 0) is 50.2 Å². The molecule has 1 fully saturated rings. The Morgan fingerprint density at radius 2 is 1.86 bits per heavy atom. The second-order valence-corrected chi connectivity index (χ2v) is 9.95. The Morgan fingerprint density at radius 1 is 1.18 bits per heavy atom. The molecule has 1 aliphatic heterocycles. The highest BCUT2D eigenvalue weighted by Gasteiger charge is 2.32. The summed E-state index contributed by atoms with van der Waals surface area (Å²) in [5.41, 5.74) is 0.674. The monoisotopic (exact) mass is 486 g/mol. The zero-order valence-corrected chi connectivity index (χ0v) is 18.5. The lowest BCUT2D eigenvalue weighted by Crippen LogP contribution is -2.48. The van der Waals surface area contributed by atoms with Gasteiger partial charge in [0.1, 0.15) is 0 Å². The van der Waals surface area contributed by atoms with Gasteiger partial charge in [-0.3, -0.25) is 4.79 Å². The molecule has 1 aliphatic rings. The normalized spacial score (nSPS) is 20.7. The van der Waals surface area contributed by atoms with Gasteiger partial charge in [0.25, 0.3) is 5.91 Å². The van der Waals surface area contributed by atoms with Crippen LogP contribution in [0.3, 0.4) is 0 Å². The van der Waals surface area contributed by atoms with E-state index in [1.54, 1.807) is 30.3 Å². The van der Waals surface area contributed by atoms with Crippen LogP contribution in [0.15, 0.2) is 51.8 Å². The quantitative estimate of drug-likeness (QED) is 0.703. The lowest BCUT2D eigenvalue weighted by Gasteiger charge is -2.34. The third-order valence-corrected chi connectivity index (χ3v) is 6.93. The summed E-state index contributed by atoms with van der Waals surface area (Å²) in [4.78, 5) is 12.7. The zero-order chi connectivity index (χ0) is 20.5. The summed E-state index contributed by atoms with van der Waals surface area (Å²) in [6, 6.07) is 11.1. The van der Waals surface area contributed by atoms with Crippen molar-refractivity contribution in [3.63, 3.8) is 0 Å². The van der Waals surface area contributed by atoms with E-state index in [1.165, 1.54) is 16.4 Å². The van der Waals surface area contributed by atoms with Crippen molar-refractivity contribution in [2.45, 2.75) is 31.0 Å². The Kier molecular flexibility index (Phi) is 6.46. The Bertz CT molecular complexity index is 989. The van der Waals surface area contributed by atoms with Gasteiger partial charge >= 0.3 is 0 Å². The van der Waals surface area contributed by atoms with Crippen molar-refractivity contribution >= 4 is 49.1 Å². The molecule has 3 rings (SSSR count). The van der Waals surface area contributed by atoms with E-state index in [1.807, 2.05) is 13.8 Å². The lowest BCUT2D eigenvalue weighted by molar-refractivity contribution is -0.0440. The molecule has 1 N–H and O–H groups in total. The third-order valence-electron chi connectivity index (χ3n) is 4.30. The number of sulfonamides is 1. The molecule has 0 saturated carbocycles. The number of carbonyl (C=O) groups excluding carboxylic acids is 1. The molecule has 2 aromatic carbocycles. The molecule has 150 valence electrons. The van der Waals surface area contributed by atoms with E-state index < -0.39 is 15.9 Å². The highest BCUT2D eigenvalue weighted by Crippen LogP contribution is 2.27. The number of amides is 1. The first kappa shape index (κ1) is 21.3. The average Bonchev–Trinajstić information content (AvgIpc) is 2.63. The number of nitrogens with zero attached hydrogens (tertiary/aromatic N) is 1. The van der Waals surface area contributed by atoms with Gasteiger partial charge in [0.2, 0.25) is 10.0 Å². The van der Waals surface area contributed by atoms with Crippen LogP contribution in [0.2, 0.25) is 5.02 Å². The molecule has 0 spiro atoms. The van der Waals surface area contributed by atoms with E-state index in [9.17, 15) is 13.2 Å². The molecule has 0 bridgehead atoms. The Balaban J connectivity index is 1.84. The van der Waals surface area contributed by atoms with Crippen molar-refractivity contribution in [1.82, 2.24) is 4.31 Å². The van der Waals surface area contributed by atoms with Crippen LogP contribution in [-0.2, 0) is 14.8 Å². The van der Waals surface area contributed by atoms with Crippen LogP contribution >= 0.6 is 27.5 Å². The predicted molar refractivity (Wildman–Crippen MR) is 112 cm³/mol. The fourth-order valence-corrected chi connectivity index (χ4v) is 5.42. The molecular weight excluding hydrogens is 468 g/mol. The molecular formula is C19H20BrClN2O4S. The van der Waals surface area contributed by atoms with Gasteiger partial charge in [0.15, 0.2) is 0 Å². The summed E-state index contributed by atoms with van der Waals surface area (Å²) in [5.74, 6) is -0.440. The minimum absolute atomic E-state index is 0.0725. The first-order valence-electron chi connectivity index (χ1n) is 8.69. The maximum atomic E-state index is 13.0. The van der Waals surface area contributed by atoms with E-state index in [4.69, 9.17) is 16.3 Å². The van der Waals surface area contributed by atoms with E-state index in [0.717, 1.165) is 4.47 Å². The summed E-state index contributed by atoms with van der Waals surface area (Å²) in [7, 11) is -3.73. The second kappa shape index (κ2) is 8.51. The number of morpholine rings is 1. The summed E-state index contributed by atoms with van der Waals surface area (Å²) < 4.78 is 33.8. The van der Waals surface area contributed by atoms with Gasteiger partial charge in [-0.1, -0.05) is 33.6 Å². The van der Waals surface area contributed by atoms with Gasteiger partial charge in [0, 0.05) is 23.1 Å². The van der Waals surface area contributed by atoms with Crippen LogP contribution in [-0.4, -0.2) is 43.9 Å². The maximum Gasteiger partial charge on any atom is 0.255 e. The molecule has 1 saturated heterocycles. The molecule has 0 radical (unpaired) electrons. The van der Waals surface area contributed by atoms with Crippen LogP contribution < -0.4 is 5.32 Å². The zero-order valence-electron chi connectivity index (χ0n) is 15.4. The highest BCUT2D eigenvalue weighted by atomic mass is 79.9. The fourth-order valence-electron chi connectivity index (χ4n) is 3.06. The number of hydrogen-bond donors (Lipinski definition) is 1. The molecule has 1 amide bonds. The molecule has 9 heteroatoms. The predicted octanol–water partition coefficient (Wildman–Crippen LogP) is 4.15. The van der Waals surface area contributed by atoms with Crippen molar-refractivity contribution in [1.29, 1.82) is 0 Å². The smallest absolute Gasteiger partial charge is 0.255 e.